The van der Waals surface area contributed by atoms with Gasteiger partial charge in [0, 0.05) is 36.9 Å². The normalized spacial score (nSPS) is 18.2. The van der Waals surface area contributed by atoms with Crippen molar-refractivity contribution in [2.75, 3.05) is 23.3 Å². The smallest absolute Gasteiger partial charge is 0.240 e. The number of nitrogens with two attached hydrogens (primary N) is 1. The lowest BCUT2D eigenvalue weighted by Crippen LogP contribution is -2.47. The van der Waals surface area contributed by atoms with Crippen LogP contribution >= 0.6 is 24.8 Å². The summed E-state index contributed by atoms with van der Waals surface area (Å²) in [5.74, 6) is -0.262. The van der Waals surface area contributed by atoms with Crippen molar-refractivity contribution in [3.8, 4) is 0 Å². The Balaban J connectivity index is 0.00000169. The number of halogens is 2. The molecule has 0 spiro atoms. The molecule has 1 aromatic carbocycles. The first-order valence-corrected chi connectivity index (χ1v) is 8.71. The van der Waals surface area contributed by atoms with E-state index in [1.165, 1.54) is 12.8 Å². The Morgan fingerprint density at radius 3 is 2.50 bits per heavy atom. The summed E-state index contributed by atoms with van der Waals surface area (Å²) in [6.45, 7) is 3.96. The number of rotatable bonds is 6. The second-order valence-corrected chi connectivity index (χ2v) is 7.03. The Bertz CT molecular complexity index is 631. The van der Waals surface area contributed by atoms with E-state index in [-0.39, 0.29) is 49.1 Å². The third kappa shape index (κ3) is 5.76. The van der Waals surface area contributed by atoms with Crippen molar-refractivity contribution < 1.29 is 9.59 Å². The molecule has 1 aliphatic carbocycles. The van der Waals surface area contributed by atoms with Crippen LogP contribution in [0.25, 0.3) is 0 Å². The van der Waals surface area contributed by atoms with Crippen LogP contribution in [0.1, 0.15) is 39.0 Å². The largest absolute Gasteiger partial charge is 0.371 e. The molecule has 1 saturated carbocycles. The van der Waals surface area contributed by atoms with E-state index in [9.17, 15) is 9.59 Å². The van der Waals surface area contributed by atoms with Gasteiger partial charge in [0.15, 0.2) is 0 Å². The summed E-state index contributed by atoms with van der Waals surface area (Å²) in [5.41, 5.74) is 7.09. The quantitative estimate of drug-likeness (QED) is 0.681. The number of hydrogen-bond acceptors (Lipinski definition) is 4. The average molecular weight is 403 g/mol. The van der Waals surface area contributed by atoms with Crippen molar-refractivity contribution in [1.82, 2.24) is 5.32 Å². The SMILES string of the molecule is CC(CC(=O)Nc1cccc(N2CCCC2)c1)NC(=O)C1(N)CC1.Cl.Cl. The van der Waals surface area contributed by atoms with Gasteiger partial charge in [-0.05, 0) is 50.8 Å². The van der Waals surface area contributed by atoms with Crippen LogP contribution < -0.4 is 21.3 Å². The second-order valence-electron chi connectivity index (χ2n) is 7.03. The lowest BCUT2D eigenvalue weighted by atomic mass is 10.2. The molecule has 1 atom stereocenters. The van der Waals surface area contributed by atoms with E-state index in [0.29, 0.717) is 0 Å². The van der Waals surface area contributed by atoms with E-state index in [1.54, 1.807) is 0 Å². The lowest BCUT2D eigenvalue weighted by Gasteiger charge is -2.19. The fourth-order valence-electron chi connectivity index (χ4n) is 3.03. The lowest BCUT2D eigenvalue weighted by molar-refractivity contribution is -0.124. The van der Waals surface area contributed by atoms with Gasteiger partial charge in [-0.3, -0.25) is 9.59 Å². The zero-order valence-electron chi connectivity index (χ0n) is 15.0. The molecule has 26 heavy (non-hydrogen) atoms. The number of amides is 2. The molecule has 1 heterocycles. The molecule has 1 aromatic rings. The molecule has 0 radical (unpaired) electrons. The topological polar surface area (TPSA) is 87.5 Å². The van der Waals surface area contributed by atoms with Gasteiger partial charge in [0.05, 0.1) is 5.54 Å². The summed E-state index contributed by atoms with van der Waals surface area (Å²) in [7, 11) is 0. The number of nitrogens with zero attached hydrogens (tertiary/aromatic N) is 1. The number of hydrogen-bond donors (Lipinski definition) is 3. The second kappa shape index (κ2) is 9.44. The molecule has 8 heteroatoms. The number of nitrogens with one attached hydrogen (secondary N) is 2. The van der Waals surface area contributed by atoms with Crippen LogP contribution in [-0.2, 0) is 9.59 Å². The number of carbonyl (C=O) groups excluding carboxylic acids is 2. The molecule has 6 nitrogen and oxygen atoms in total. The van der Waals surface area contributed by atoms with Crippen molar-refractivity contribution in [2.45, 2.75) is 50.6 Å². The monoisotopic (exact) mass is 402 g/mol. The van der Waals surface area contributed by atoms with E-state index in [0.717, 1.165) is 37.3 Å². The highest BCUT2D eigenvalue weighted by Gasteiger charge is 2.46. The molecule has 0 bridgehead atoms. The van der Waals surface area contributed by atoms with Crippen LogP contribution in [0.15, 0.2) is 24.3 Å². The highest BCUT2D eigenvalue weighted by Crippen LogP contribution is 2.32. The summed E-state index contributed by atoms with van der Waals surface area (Å²) < 4.78 is 0. The van der Waals surface area contributed by atoms with Crippen molar-refractivity contribution in [1.29, 1.82) is 0 Å². The molecule has 2 amide bonds. The van der Waals surface area contributed by atoms with Gasteiger partial charge >= 0.3 is 0 Å². The summed E-state index contributed by atoms with van der Waals surface area (Å²) in [6.07, 6.45) is 4.12. The van der Waals surface area contributed by atoms with E-state index < -0.39 is 5.54 Å². The van der Waals surface area contributed by atoms with Crippen LogP contribution in [0.3, 0.4) is 0 Å². The van der Waals surface area contributed by atoms with Gasteiger partial charge in [-0.15, -0.1) is 24.8 Å². The molecule has 1 unspecified atom stereocenters. The van der Waals surface area contributed by atoms with Gasteiger partial charge in [-0.1, -0.05) is 6.07 Å². The number of anilines is 2. The molecule has 3 rings (SSSR count). The highest BCUT2D eigenvalue weighted by atomic mass is 35.5. The zero-order valence-corrected chi connectivity index (χ0v) is 16.6. The van der Waals surface area contributed by atoms with Crippen LogP contribution in [0.5, 0.6) is 0 Å². The van der Waals surface area contributed by atoms with Gasteiger partial charge in [-0.25, -0.2) is 0 Å². The van der Waals surface area contributed by atoms with Crippen LogP contribution in [0, 0.1) is 0 Å². The molecule has 4 N–H and O–H groups in total. The maximum atomic E-state index is 12.2. The van der Waals surface area contributed by atoms with Crippen LogP contribution in [0.2, 0.25) is 0 Å². The number of benzene rings is 1. The first kappa shape index (κ1) is 22.5. The van der Waals surface area contributed by atoms with Gasteiger partial charge in [0.2, 0.25) is 11.8 Å². The first-order chi connectivity index (χ1) is 11.5. The molecule has 146 valence electrons. The van der Waals surface area contributed by atoms with E-state index in [2.05, 4.69) is 21.6 Å². The predicted octanol–water partition coefficient (Wildman–Crippen LogP) is 2.46. The molecular weight excluding hydrogens is 375 g/mol. The minimum atomic E-state index is -0.700. The fraction of sp³-hybridized carbons (Fsp3) is 0.556. The molecular formula is C18H28Cl2N4O2. The number of carbonyl (C=O) groups is 2. The third-order valence-corrected chi connectivity index (χ3v) is 4.71. The Labute approximate surface area is 167 Å². The summed E-state index contributed by atoms with van der Waals surface area (Å²) in [5, 5.41) is 5.74. The average Bonchev–Trinajstić information content (AvgIpc) is 3.08. The molecule has 0 aromatic heterocycles. The first-order valence-electron chi connectivity index (χ1n) is 8.71. The predicted molar refractivity (Wildman–Crippen MR) is 109 cm³/mol. The molecule has 1 aliphatic heterocycles. The van der Waals surface area contributed by atoms with Crippen molar-refractivity contribution >= 4 is 48.0 Å². The highest BCUT2D eigenvalue weighted by molar-refractivity contribution is 5.93. The summed E-state index contributed by atoms with van der Waals surface area (Å²) in [4.78, 5) is 26.4. The van der Waals surface area contributed by atoms with Gasteiger partial charge in [0.25, 0.3) is 0 Å². The van der Waals surface area contributed by atoms with Gasteiger partial charge < -0.3 is 21.3 Å². The maximum absolute atomic E-state index is 12.2. The summed E-state index contributed by atoms with van der Waals surface area (Å²) in [6, 6.07) is 7.69. The molecule has 2 aliphatic rings. The Morgan fingerprint density at radius 1 is 1.23 bits per heavy atom. The molecule has 2 fully saturated rings. The zero-order chi connectivity index (χ0) is 17.2. The summed E-state index contributed by atoms with van der Waals surface area (Å²) >= 11 is 0. The van der Waals surface area contributed by atoms with Crippen LogP contribution in [0.4, 0.5) is 11.4 Å². The fourth-order valence-corrected chi connectivity index (χ4v) is 3.03. The van der Waals surface area contributed by atoms with Crippen molar-refractivity contribution in [2.24, 2.45) is 5.73 Å². The Morgan fingerprint density at radius 2 is 1.88 bits per heavy atom. The Hall–Kier alpha value is -1.50. The Kier molecular flexibility index (Phi) is 8.18. The minimum Gasteiger partial charge on any atom is -0.371 e. The van der Waals surface area contributed by atoms with E-state index in [4.69, 9.17) is 5.73 Å². The maximum Gasteiger partial charge on any atom is 0.240 e. The van der Waals surface area contributed by atoms with E-state index in [1.807, 2.05) is 25.1 Å². The van der Waals surface area contributed by atoms with Crippen molar-refractivity contribution in [3.63, 3.8) is 0 Å². The van der Waals surface area contributed by atoms with E-state index >= 15 is 0 Å². The van der Waals surface area contributed by atoms with Crippen LogP contribution in [-0.4, -0.2) is 36.5 Å². The van der Waals surface area contributed by atoms with Gasteiger partial charge in [-0.2, -0.15) is 0 Å². The third-order valence-electron chi connectivity index (χ3n) is 4.71. The standard InChI is InChI=1S/C18H26N4O2.2ClH/c1-13(20-17(24)18(19)7-8-18)11-16(23)21-14-5-4-6-15(12-14)22-9-2-3-10-22;;/h4-6,12-13H,2-3,7-11,19H2,1H3,(H,20,24)(H,21,23);2*1H. The minimum absolute atomic E-state index is 0. The van der Waals surface area contributed by atoms with Gasteiger partial charge in [0.1, 0.15) is 0 Å². The van der Waals surface area contributed by atoms with Crippen molar-refractivity contribution in [3.05, 3.63) is 24.3 Å². The molecule has 1 saturated heterocycles.